The molecule has 0 unspecified atom stereocenters. The summed E-state index contributed by atoms with van der Waals surface area (Å²) in [6.45, 7) is 1.25. The standard InChI is InChI=1S/C17H19ClN2O4S2/c1-24-14-4-2-13(3-5-14)15-6-11-25-17(15)26(22,23)20-9-7-19(8-10-20)16(21)12-18/h2-6,11H,7-10,12H2,1H3. The molecule has 0 N–H and O–H groups in total. The van der Waals surface area contributed by atoms with Crippen molar-refractivity contribution in [3.8, 4) is 16.9 Å². The van der Waals surface area contributed by atoms with Gasteiger partial charge in [0.05, 0.1) is 7.11 Å². The Bertz CT molecular complexity index is 872. The molecule has 1 saturated heterocycles. The van der Waals surface area contributed by atoms with E-state index < -0.39 is 10.0 Å². The topological polar surface area (TPSA) is 66.9 Å². The Morgan fingerprint density at radius 1 is 1.15 bits per heavy atom. The average molecular weight is 415 g/mol. The highest BCUT2D eigenvalue weighted by atomic mass is 35.5. The molecule has 1 aromatic heterocycles. The number of rotatable bonds is 5. The first kappa shape index (κ1) is 19.2. The van der Waals surface area contributed by atoms with Gasteiger partial charge in [-0.25, -0.2) is 8.42 Å². The molecular weight excluding hydrogens is 396 g/mol. The predicted octanol–water partition coefficient (Wildman–Crippen LogP) is 2.50. The third kappa shape index (κ3) is 3.73. The normalized spacial score (nSPS) is 15.8. The van der Waals surface area contributed by atoms with Gasteiger partial charge in [0.15, 0.2) is 0 Å². The number of halogens is 1. The summed E-state index contributed by atoms with van der Waals surface area (Å²) in [5.41, 5.74) is 1.50. The lowest BCUT2D eigenvalue weighted by molar-refractivity contribution is -0.129. The third-order valence-corrected chi connectivity index (χ3v) is 7.90. The maximum Gasteiger partial charge on any atom is 0.253 e. The SMILES string of the molecule is COc1ccc(-c2ccsc2S(=O)(=O)N2CCN(C(=O)CCl)CC2)cc1. The van der Waals surface area contributed by atoms with Crippen molar-refractivity contribution in [3.63, 3.8) is 0 Å². The molecule has 0 radical (unpaired) electrons. The molecule has 9 heteroatoms. The highest BCUT2D eigenvalue weighted by Gasteiger charge is 2.32. The van der Waals surface area contributed by atoms with Gasteiger partial charge in [0.2, 0.25) is 5.91 Å². The van der Waals surface area contributed by atoms with E-state index in [1.165, 1.54) is 15.6 Å². The molecule has 0 bridgehead atoms. The number of nitrogens with zero attached hydrogens (tertiary/aromatic N) is 2. The van der Waals surface area contributed by atoms with Gasteiger partial charge >= 0.3 is 0 Å². The zero-order valence-corrected chi connectivity index (χ0v) is 16.6. The number of hydrogen-bond donors (Lipinski definition) is 0. The number of hydrogen-bond acceptors (Lipinski definition) is 5. The van der Waals surface area contributed by atoms with E-state index in [1.54, 1.807) is 29.5 Å². The van der Waals surface area contributed by atoms with E-state index in [9.17, 15) is 13.2 Å². The number of carbonyl (C=O) groups excluding carboxylic acids is 1. The molecule has 0 atom stereocenters. The van der Waals surface area contributed by atoms with Crippen LogP contribution in [-0.2, 0) is 14.8 Å². The predicted molar refractivity (Wildman–Crippen MR) is 102 cm³/mol. The summed E-state index contributed by atoms with van der Waals surface area (Å²) in [7, 11) is -2.03. The maximum atomic E-state index is 13.1. The number of ether oxygens (including phenoxy) is 1. The summed E-state index contributed by atoms with van der Waals surface area (Å²) in [6, 6.07) is 9.11. The lowest BCUT2D eigenvalue weighted by Gasteiger charge is -2.33. The molecule has 1 fully saturated rings. The van der Waals surface area contributed by atoms with E-state index >= 15 is 0 Å². The van der Waals surface area contributed by atoms with Crippen molar-refractivity contribution in [2.24, 2.45) is 0 Å². The monoisotopic (exact) mass is 414 g/mol. The van der Waals surface area contributed by atoms with Crippen LogP contribution in [0.4, 0.5) is 0 Å². The number of thiophene rings is 1. The fourth-order valence-corrected chi connectivity index (χ4v) is 5.98. The van der Waals surface area contributed by atoms with Crippen molar-refractivity contribution in [1.29, 1.82) is 0 Å². The second kappa shape index (κ2) is 7.96. The molecule has 26 heavy (non-hydrogen) atoms. The summed E-state index contributed by atoms with van der Waals surface area (Å²) in [5.74, 6) is 0.464. The highest BCUT2D eigenvalue weighted by molar-refractivity contribution is 7.91. The highest BCUT2D eigenvalue weighted by Crippen LogP contribution is 2.35. The van der Waals surface area contributed by atoms with Crippen molar-refractivity contribution in [1.82, 2.24) is 9.21 Å². The van der Waals surface area contributed by atoms with Gasteiger partial charge in [0.1, 0.15) is 15.8 Å². The Hall–Kier alpha value is -1.61. The van der Waals surface area contributed by atoms with Gasteiger partial charge in [-0.3, -0.25) is 4.79 Å². The number of methoxy groups -OCH3 is 1. The summed E-state index contributed by atoms with van der Waals surface area (Å²) in [6.07, 6.45) is 0. The van der Waals surface area contributed by atoms with Crippen molar-refractivity contribution in [2.75, 3.05) is 39.2 Å². The molecule has 2 aromatic rings. The van der Waals surface area contributed by atoms with E-state index in [4.69, 9.17) is 16.3 Å². The van der Waals surface area contributed by atoms with Gasteiger partial charge in [-0.2, -0.15) is 4.31 Å². The van der Waals surface area contributed by atoms with Crippen molar-refractivity contribution in [2.45, 2.75) is 4.21 Å². The smallest absolute Gasteiger partial charge is 0.253 e. The minimum atomic E-state index is -3.62. The van der Waals surface area contributed by atoms with Gasteiger partial charge in [0.25, 0.3) is 10.0 Å². The number of sulfonamides is 1. The van der Waals surface area contributed by atoms with E-state index in [-0.39, 0.29) is 24.9 Å². The quantitative estimate of drug-likeness (QED) is 0.705. The number of piperazine rings is 1. The number of benzene rings is 1. The van der Waals surface area contributed by atoms with Gasteiger partial charge in [0, 0.05) is 31.7 Å². The zero-order valence-electron chi connectivity index (χ0n) is 14.2. The molecule has 3 rings (SSSR count). The van der Waals surface area contributed by atoms with Crippen LogP contribution in [0.2, 0.25) is 0 Å². The van der Waals surface area contributed by atoms with Crippen molar-refractivity contribution >= 4 is 38.9 Å². The van der Waals surface area contributed by atoms with Crippen LogP contribution in [0.15, 0.2) is 39.9 Å². The molecule has 1 amide bonds. The minimum Gasteiger partial charge on any atom is -0.497 e. The van der Waals surface area contributed by atoms with E-state index in [0.29, 0.717) is 28.6 Å². The van der Waals surface area contributed by atoms with Crippen LogP contribution in [0.3, 0.4) is 0 Å². The number of carbonyl (C=O) groups is 1. The lowest BCUT2D eigenvalue weighted by atomic mass is 10.1. The summed E-state index contributed by atoms with van der Waals surface area (Å²) in [4.78, 5) is 13.3. The first-order chi connectivity index (χ1) is 12.5. The Morgan fingerprint density at radius 2 is 1.81 bits per heavy atom. The average Bonchev–Trinajstić information content (AvgIpc) is 3.18. The van der Waals surface area contributed by atoms with Crippen LogP contribution in [-0.4, -0.2) is 62.7 Å². The van der Waals surface area contributed by atoms with E-state index in [1.807, 2.05) is 18.2 Å². The van der Waals surface area contributed by atoms with Crippen molar-refractivity contribution < 1.29 is 17.9 Å². The minimum absolute atomic E-state index is 0.0840. The van der Waals surface area contributed by atoms with Gasteiger partial charge in [-0.15, -0.1) is 22.9 Å². The maximum absolute atomic E-state index is 13.1. The molecule has 1 aliphatic rings. The van der Waals surface area contributed by atoms with Crippen LogP contribution >= 0.6 is 22.9 Å². The molecule has 2 heterocycles. The zero-order chi connectivity index (χ0) is 18.7. The Labute approximate surface area is 162 Å². The molecule has 1 aliphatic heterocycles. The molecule has 0 aliphatic carbocycles. The Kier molecular flexibility index (Phi) is 5.86. The molecule has 0 spiro atoms. The summed E-state index contributed by atoms with van der Waals surface area (Å²) >= 11 is 6.78. The van der Waals surface area contributed by atoms with Gasteiger partial charge < -0.3 is 9.64 Å². The summed E-state index contributed by atoms with van der Waals surface area (Å²) in [5, 5.41) is 1.78. The van der Waals surface area contributed by atoms with Crippen LogP contribution in [0, 0.1) is 0 Å². The molecule has 6 nitrogen and oxygen atoms in total. The van der Waals surface area contributed by atoms with E-state index in [0.717, 1.165) is 5.56 Å². The Balaban J connectivity index is 1.83. The molecule has 0 saturated carbocycles. The second-order valence-electron chi connectivity index (χ2n) is 5.77. The van der Waals surface area contributed by atoms with Crippen LogP contribution in [0.5, 0.6) is 5.75 Å². The Morgan fingerprint density at radius 3 is 2.38 bits per heavy atom. The van der Waals surface area contributed by atoms with Crippen LogP contribution in [0.25, 0.3) is 11.1 Å². The number of alkyl halides is 1. The van der Waals surface area contributed by atoms with Crippen LogP contribution < -0.4 is 4.74 Å². The first-order valence-electron chi connectivity index (χ1n) is 8.03. The fraction of sp³-hybridized carbons (Fsp3) is 0.353. The molecule has 1 aromatic carbocycles. The van der Waals surface area contributed by atoms with E-state index in [2.05, 4.69) is 0 Å². The lowest BCUT2D eigenvalue weighted by Crippen LogP contribution is -2.50. The molecule has 140 valence electrons. The second-order valence-corrected chi connectivity index (χ2v) is 9.09. The first-order valence-corrected chi connectivity index (χ1v) is 10.9. The number of amides is 1. The third-order valence-electron chi connectivity index (χ3n) is 4.31. The van der Waals surface area contributed by atoms with Gasteiger partial charge in [-0.1, -0.05) is 12.1 Å². The van der Waals surface area contributed by atoms with Gasteiger partial charge in [-0.05, 0) is 29.1 Å². The van der Waals surface area contributed by atoms with Crippen LogP contribution in [0.1, 0.15) is 0 Å². The van der Waals surface area contributed by atoms with Crippen molar-refractivity contribution in [3.05, 3.63) is 35.7 Å². The summed E-state index contributed by atoms with van der Waals surface area (Å²) < 4.78 is 33.1. The molecular formula is C17H19ClN2O4S2. The fourth-order valence-electron chi connectivity index (χ4n) is 2.86. The largest absolute Gasteiger partial charge is 0.497 e.